The predicted octanol–water partition coefficient (Wildman–Crippen LogP) is -5.21. The van der Waals surface area contributed by atoms with E-state index >= 15 is 0 Å². The van der Waals surface area contributed by atoms with Crippen molar-refractivity contribution in [3.05, 3.63) is 0 Å². The number of carbonyl (C=O) groups excluding carboxylic acids is 4. The fraction of sp³-hybridized carbons (Fsp3) is 0.625. The van der Waals surface area contributed by atoms with Crippen molar-refractivity contribution in [2.45, 2.75) is 50.4 Å². The number of nitrogens with zero attached hydrogens (tertiary/aromatic N) is 1. The fourth-order valence-electron chi connectivity index (χ4n) is 2.22. The van der Waals surface area contributed by atoms with E-state index in [1.54, 1.807) is 0 Å². The van der Waals surface area contributed by atoms with Gasteiger partial charge in [0.25, 0.3) is 0 Å². The molecule has 31 heavy (non-hydrogen) atoms. The molecule has 15 nitrogen and oxygen atoms in total. The number of carboxylic acid groups (broad SMARTS) is 1. The SMILES string of the molecule is CC(NC(=O)C(CCCN=C(N)N)NC(=O)C(N)CC(N)=O)C(=O)NC(CO)C(=O)O. The van der Waals surface area contributed by atoms with Crippen LogP contribution in [-0.4, -0.2) is 83.1 Å². The van der Waals surface area contributed by atoms with E-state index < -0.39 is 66.8 Å². The zero-order chi connectivity index (χ0) is 24.1. The van der Waals surface area contributed by atoms with E-state index in [-0.39, 0.29) is 25.3 Å². The van der Waals surface area contributed by atoms with E-state index in [2.05, 4.69) is 15.6 Å². The first-order chi connectivity index (χ1) is 14.4. The van der Waals surface area contributed by atoms with E-state index in [9.17, 15) is 24.0 Å². The van der Waals surface area contributed by atoms with Crippen molar-refractivity contribution in [2.75, 3.05) is 13.2 Å². The van der Waals surface area contributed by atoms with Gasteiger partial charge in [0.2, 0.25) is 23.6 Å². The average molecular weight is 446 g/mol. The molecular weight excluding hydrogens is 416 g/mol. The highest BCUT2D eigenvalue weighted by atomic mass is 16.4. The second-order valence-corrected chi connectivity index (χ2v) is 6.60. The predicted molar refractivity (Wildman–Crippen MR) is 108 cm³/mol. The van der Waals surface area contributed by atoms with Crippen molar-refractivity contribution in [2.24, 2.45) is 27.9 Å². The molecular formula is C16H30N8O7. The van der Waals surface area contributed by atoms with Crippen LogP contribution in [0.2, 0.25) is 0 Å². The van der Waals surface area contributed by atoms with Crippen LogP contribution in [0.4, 0.5) is 0 Å². The Hall–Kier alpha value is -3.46. The van der Waals surface area contributed by atoms with Crippen LogP contribution < -0.4 is 38.9 Å². The highest BCUT2D eigenvalue weighted by Gasteiger charge is 2.28. The number of amides is 4. The number of nitrogens with one attached hydrogen (secondary N) is 3. The van der Waals surface area contributed by atoms with Gasteiger partial charge in [-0.1, -0.05) is 0 Å². The Kier molecular flexibility index (Phi) is 12.2. The van der Waals surface area contributed by atoms with Crippen molar-refractivity contribution in [1.29, 1.82) is 0 Å². The molecule has 13 N–H and O–H groups in total. The highest BCUT2D eigenvalue weighted by molar-refractivity contribution is 5.94. The van der Waals surface area contributed by atoms with Gasteiger partial charge in [0.05, 0.1) is 19.1 Å². The molecule has 4 unspecified atom stereocenters. The molecule has 4 amide bonds. The monoisotopic (exact) mass is 446 g/mol. The van der Waals surface area contributed by atoms with Crippen LogP contribution >= 0.6 is 0 Å². The Morgan fingerprint density at radius 2 is 1.52 bits per heavy atom. The number of aliphatic carboxylic acids is 1. The third kappa shape index (κ3) is 11.3. The normalized spacial score (nSPS) is 14.3. The second-order valence-electron chi connectivity index (χ2n) is 6.60. The number of aliphatic hydroxyl groups excluding tert-OH is 1. The first-order valence-electron chi connectivity index (χ1n) is 9.23. The van der Waals surface area contributed by atoms with Crippen LogP contribution in [0.5, 0.6) is 0 Å². The Labute approximate surface area is 178 Å². The second kappa shape index (κ2) is 13.7. The van der Waals surface area contributed by atoms with Crippen molar-refractivity contribution >= 4 is 35.6 Å². The topological polar surface area (TPSA) is 278 Å². The molecule has 15 heteroatoms. The fourth-order valence-corrected chi connectivity index (χ4v) is 2.22. The number of carboxylic acids is 1. The van der Waals surface area contributed by atoms with E-state index in [1.165, 1.54) is 6.92 Å². The van der Waals surface area contributed by atoms with Gasteiger partial charge in [0, 0.05) is 6.54 Å². The van der Waals surface area contributed by atoms with Crippen molar-refractivity contribution < 1.29 is 34.2 Å². The van der Waals surface area contributed by atoms with Crippen LogP contribution in [0.1, 0.15) is 26.2 Å². The summed E-state index contributed by atoms with van der Waals surface area (Å²) in [7, 11) is 0. The van der Waals surface area contributed by atoms with Gasteiger partial charge in [-0.05, 0) is 19.8 Å². The minimum absolute atomic E-state index is 0.0559. The molecule has 4 atom stereocenters. The zero-order valence-electron chi connectivity index (χ0n) is 17.0. The first-order valence-corrected chi connectivity index (χ1v) is 9.23. The van der Waals surface area contributed by atoms with Crippen LogP contribution in [0, 0.1) is 0 Å². The molecule has 0 saturated carbocycles. The minimum atomic E-state index is -1.55. The molecule has 0 aliphatic heterocycles. The number of guanidine groups is 1. The van der Waals surface area contributed by atoms with Gasteiger partial charge < -0.3 is 49.1 Å². The van der Waals surface area contributed by atoms with Crippen molar-refractivity contribution in [1.82, 2.24) is 16.0 Å². The largest absolute Gasteiger partial charge is 0.480 e. The lowest BCUT2D eigenvalue weighted by Gasteiger charge is -2.23. The standard InChI is InChI=1S/C16H30N8O7/c1-7(12(27)24-10(6-25)15(30)31)22-14(29)9(3-2-4-21-16(19)20)23-13(28)8(17)5-11(18)26/h7-10,25H,2-6,17H2,1H3,(H2,18,26)(H,22,29)(H,23,28)(H,24,27)(H,30,31)(H4,19,20,21). The number of carbonyl (C=O) groups is 5. The summed E-state index contributed by atoms with van der Waals surface area (Å²) in [4.78, 5) is 62.4. The lowest BCUT2D eigenvalue weighted by Crippen LogP contribution is -2.56. The number of rotatable bonds is 14. The lowest BCUT2D eigenvalue weighted by molar-refractivity contribution is -0.143. The number of aliphatic hydroxyl groups is 1. The number of hydrogen-bond donors (Lipinski definition) is 9. The molecule has 0 aromatic heterocycles. The first kappa shape index (κ1) is 27.5. The van der Waals surface area contributed by atoms with E-state index in [4.69, 9.17) is 33.1 Å². The summed E-state index contributed by atoms with van der Waals surface area (Å²) >= 11 is 0. The summed E-state index contributed by atoms with van der Waals surface area (Å²) in [5.74, 6) is -4.88. The highest BCUT2D eigenvalue weighted by Crippen LogP contribution is 2.02. The number of nitrogens with two attached hydrogens (primary N) is 4. The number of aliphatic imine (C=N–C) groups is 1. The molecule has 0 radical (unpaired) electrons. The van der Waals surface area contributed by atoms with Gasteiger partial charge in [-0.15, -0.1) is 0 Å². The molecule has 0 heterocycles. The maximum atomic E-state index is 12.6. The zero-order valence-corrected chi connectivity index (χ0v) is 17.0. The molecule has 0 aliphatic carbocycles. The molecule has 0 aromatic rings. The van der Waals surface area contributed by atoms with Crippen molar-refractivity contribution in [3.63, 3.8) is 0 Å². The van der Waals surface area contributed by atoms with Crippen molar-refractivity contribution in [3.8, 4) is 0 Å². The average Bonchev–Trinajstić information content (AvgIpc) is 2.66. The minimum Gasteiger partial charge on any atom is -0.480 e. The van der Waals surface area contributed by atoms with Gasteiger partial charge in [-0.2, -0.15) is 0 Å². The Morgan fingerprint density at radius 3 is 2.00 bits per heavy atom. The van der Waals surface area contributed by atoms with E-state index in [0.29, 0.717) is 0 Å². The van der Waals surface area contributed by atoms with E-state index in [1.807, 2.05) is 5.32 Å². The quantitative estimate of drug-likeness (QED) is 0.0694. The molecule has 0 saturated heterocycles. The number of primary amides is 1. The summed E-state index contributed by atoms with van der Waals surface area (Å²) in [6.45, 7) is 0.589. The molecule has 0 rings (SSSR count). The smallest absolute Gasteiger partial charge is 0.328 e. The molecule has 0 aromatic carbocycles. The summed E-state index contributed by atoms with van der Waals surface area (Å²) in [6.07, 6.45) is -0.113. The van der Waals surface area contributed by atoms with Crippen LogP contribution in [-0.2, 0) is 24.0 Å². The summed E-state index contributed by atoms with van der Waals surface area (Å²) in [5, 5.41) is 24.6. The Morgan fingerprint density at radius 1 is 0.935 bits per heavy atom. The van der Waals surface area contributed by atoms with Crippen LogP contribution in [0.25, 0.3) is 0 Å². The molecule has 0 bridgehead atoms. The van der Waals surface area contributed by atoms with Gasteiger partial charge in [-0.3, -0.25) is 24.2 Å². The summed E-state index contributed by atoms with van der Waals surface area (Å²) in [6, 6.07) is -5.19. The molecule has 0 aliphatic rings. The third-order valence-electron chi connectivity index (χ3n) is 3.89. The Bertz CT molecular complexity index is 695. The molecule has 0 spiro atoms. The summed E-state index contributed by atoms with van der Waals surface area (Å²) < 4.78 is 0. The third-order valence-corrected chi connectivity index (χ3v) is 3.89. The van der Waals surface area contributed by atoms with Gasteiger partial charge in [0.1, 0.15) is 18.1 Å². The summed E-state index contributed by atoms with van der Waals surface area (Å²) in [5.41, 5.74) is 21.0. The molecule has 176 valence electrons. The number of hydrogen-bond acceptors (Lipinski definition) is 8. The Balaban J connectivity index is 5.13. The lowest BCUT2D eigenvalue weighted by atomic mass is 10.1. The van der Waals surface area contributed by atoms with Crippen LogP contribution in [0.3, 0.4) is 0 Å². The maximum Gasteiger partial charge on any atom is 0.328 e. The van der Waals surface area contributed by atoms with Gasteiger partial charge >= 0.3 is 5.97 Å². The maximum absolute atomic E-state index is 12.6. The van der Waals surface area contributed by atoms with Gasteiger partial charge in [-0.25, -0.2) is 4.79 Å². The molecule has 0 fully saturated rings. The van der Waals surface area contributed by atoms with Gasteiger partial charge in [0.15, 0.2) is 5.96 Å². The van der Waals surface area contributed by atoms with Crippen LogP contribution in [0.15, 0.2) is 4.99 Å². The van der Waals surface area contributed by atoms with E-state index in [0.717, 1.165) is 0 Å².